The van der Waals surface area contributed by atoms with Gasteiger partial charge in [-0.3, -0.25) is 0 Å². The van der Waals surface area contributed by atoms with Crippen LogP contribution in [0, 0.1) is 22.7 Å². The van der Waals surface area contributed by atoms with Crippen LogP contribution in [0.1, 0.15) is 11.1 Å². The first-order valence-corrected chi connectivity index (χ1v) is 13.1. The summed E-state index contributed by atoms with van der Waals surface area (Å²) >= 11 is 0. The Hall–Kier alpha value is -6.11. The van der Waals surface area contributed by atoms with Gasteiger partial charge in [-0.05, 0) is 24.3 Å². The van der Waals surface area contributed by atoms with E-state index in [1.54, 1.807) is 12.1 Å². The molecule has 0 saturated carbocycles. The van der Waals surface area contributed by atoms with E-state index >= 15 is 0 Å². The Bertz CT molecular complexity index is 2060. The monoisotopic (exact) mass is 524 g/mol. The molecule has 0 saturated heterocycles. The quantitative estimate of drug-likeness (QED) is 0.235. The highest BCUT2D eigenvalue weighted by atomic mass is 15.0. The standard InChI is InChI=1S/C35H20N6/c36-21-25-20-32(41-30-17-9-7-15-27(30)28-16-8-10-18-31(28)41)26(22-37)19-29(25)35-39-33(23-11-3-1-4-12-23)38-34(40-35)24-13-5-2-6-14-24/h1-20H. The lowest BCUT2D eigenvalue weighted by Gasteiger charge is -2.14. The molecule has 0 atom stereocenters. The average molecular weight is 525 g/mol. The molecule has 5 aromatic carbocycles. The summed E-state index contributed by atoms with van der Waals surface area (Å²) < 4.78 is 2.05. The third-order valence-corrected chi connectivity index (χ3v) is 7.14. The van der Waals surface area contributed by atoms with Crippen molar-refractivity contribution in [3.05, 3.63) is 132 Å². The maximum Gasteiger partial charge on any atom is 0.165 e. The summed E-state index contributed by atoms with van der Waals surface area (Å²) in [5, 5.41) is 22.9. The van der Waals surface area contributed by atoms with E-state index in [1.807, 2.05) is 102 Å². The molecule has 0 radical (unpaired) electrons. The van der Waals surface area contributed by atoms with Gasteiger partial charge in [-0.1, -0.05) is 97.1 Å². The van der Waals surface area contributed by atoms with Crippen LogP contribution in [0.4, 0.5) is 0 Å². The van der Waals surface area contributed by atoms with Gasteiger partial charge in [0.1, 0.15) is 6.07 Å². The van der Waals surface area contributed by atoms with Gasteiger partial charge >= 0.3 is 0 Å². The first-order chi connectivity index (χ1) is 20.2. The lowest BCUT2D eigenvalue weighted by atomic mass is 10.0. The number of nitriles is 2. The van der Waals surface area contributed by atoms with Crippen LogP contribution < -0.4 is 0 Å². The summed E-state index contributed by atoms with van der Waals surface area (Å²) in [4.78, 5) is 14.3. The number of benzene rings is 5. The van der Waals surface area contributed by atoms with E-state index in [0.717, 1.165) is 32.9 Å². The second-order valence-electron chi connectivity index (χ2n) is 9.55. The number of para-hydroxylation sites is 2. The van der Waals surface area contributed by atoms with Gasteiger partial charge in [0.15, 0.2) is 17.5 Å². The molecule has 7 aromatic rings. The van der Waals surface area contributed by atoms with Gasteiger partial charge in [-0.25, -0.2) is 15.0 Å². The summed E-state index contributed by atoms with van der Waals surface area (Å²) in [5.41, 5.74) is 5.46. The Morgan fingerprint density at radius 1 is 0.488 bits per heavy atom. The zero-order chi connectivity index (χ0) is 27.8. The number of rotatable bonds is 4. The van der Waals surface area contributed by atoms with Crippen molar-refractivity contribution in [1.82, 2.24) is 19.5 Å². The average Bonchev–Trinajstić information content (AvgIpc) is 3.39. The van der Waals surface area contributed by atoms with Crippen LogP contribution in [0.3, 0.4) is 0 Å². The predicted molar refractivity (Wildman–Crippen MR) is 160 cm³/mol. The topological polar surface area (TPSA) is 91.2 Å². The molecule has 0 amide bonds. The molecule has 0 N–H and O–H groups in total. The molecule has 6 nitrogen and oxygen atoms in total. The maximum absolute atomic E-state index is 10.4. The molecule has 0 aliphatic rings. The van der Waals surface area contributed by atoms with Gasteiger partial charge in [0, 0.05) is 27.5 Å². The molecule has 190 valence electrons. The Kier molecular flexibility index (Phi) is 5.78. The van der Waals surface area contributed by atoms with Crippen molar-refractivity contribution in [2.24, 2.45) is 0 Å². The zero-order valence-corrected chi connectivity index (χ0v) is 21.7. The van der Waals surface area contributed by atoms with Crippen molar-refractivity contribution in [3.63, 3.8) is 0 Å². The van der Waals surface area contributed by atoms with Gasteiger partial charge < -0.3 is 4.57 Å². The Morgan fingerprint density at radius 3 is 1.46 bits per heavy atom. The first-order valence-electron chi connectivity index (χ1n) is 13.1. The third-order valence-electron chi connectivity index (χ3n) is 7.14. The Morgan fingerprint density at radius 2 is 0.951 bits per heavy atom. The molecule has 2 heterocycles. The Balaban J connectivity index is 1.49. The molecule has 6 heteroatoms. The van der Waals surface area contributed by atoms with Crippen LogP contribution in [-0.4, -0.2) is 19.5 Å². The van der Waals surface area contributed by atoms with Crippen LogP contribution in [0.25, 0.3) is 61.7 Å². The Labute approximate surface area is 236 Å². The molecule has 0 bridgehead atoms. The van der Waals surface area contributed by atoms with Crippen molar-refractivity contribution in [2.45, 2.75) is 0 Å². The lowest BCUT2D eigenvalue weighted by Crippen LogP contribution is -2.04. The second kappa shape index (κ2) is 9.89. The molecule has 2 aromatic heterocycles. The fraction of sp³-hybridized carbons (Fsp3) is 0. The van der Waals surface area contributed by atoms with E-state index in [4.69, 9.17) is 15.0 Å². The van der Waals surface area contributed by atoms with Crippen LogP contribution >= 0.6 is 0 Å². The third kappa shape index (κ3) is 4.08. The van der Waals surface area contributed by atoms with Gasteiger partial charge in [-0.15, -0.1) is 0 Å². The van der Waals surface area contributed by atoms with Gasteiger partial charge in [-0.2, -0.15) is 10.5 Å². The summed E-state index contributed by atoms with van der Waals surface area (Å²) in [6.07, 6.45) is 0. The van der Waals surface area contributed by atoms with E-state index in [0.29, 0.717) is 39.9 Å². The minimum absolute atomic E-state index is 0.333. The predicted octanol–water partition coefficient (Wildman–Crippen LogP) is 7.71. The minimum atomic E-state index is 0.333. The maximum atomic E-state index is 10.4. The molecule has 0 aliphatic heterocycles. The summed E-state index contributed by atoms with van der Waals surface area (Å²) in [6, 6.07) is 43.7. The fourth-order valence-electron chi connectivity index (χ4n) is 5.25. The van der Waals surface area contributed by atoms with Crippen molar-refractivity contribution in [3.8, 4) is 52.0 Å². The van der Waals surface area contributed by atoms with E-state index < -0.39 is 0 Å². The lowest BCUT2D eigenvalue weighted by molar-refractivity contribution is 1.07. The number of fused-ring (bicyclic) bond motifs is 3. The van der Waals surface area contributed by atoms with E-state index in [1.165, 1.54) is 0 Å². The van der Waals surface area contributed by atoms with Crippen molar-refractivity contribution in [1.29, 1.82) is 10.5 Å². The highest BCUT2D eigenvalue weighted by molar-refractivity contribution is 6.09. The van der Waals surface area contributed by atoms with Crippen LogP contribution in [0.2, 0.25) is 0 Å². The minimum Gasteiger partial charge on any atom is -0.308 e. The highest BCUT2D eigenvalue weighted by Crippen LogP contribution is 2.35. The summed E-state index contributed by atoms with van der Waals surface area (Å²) in [7, 11) is 0. The van der Waals surface area contributed by atoms with Crippen molar-refractivity contribution >= 4 is 21.8 Å². The largest absolute Gasteiger partial charge is 0.308 e. The van der Waals surface area contributed by atoms with Crippen LogP contribution in [0.5, 0.6) is 0 Å². The number of aromatic nitrogens is 4. The molecular weight excluding hydrogens is 504 g/mol. The summed E-state index contributed by atoms with van der Waals surface area (Å²) in [5.74, 6) is 1.31. The van der Waals surface area contributed by atoms with Crippen molar-refractivity contribution < 1.29 is 0 Å². The number of hydrogen-bond donors (Lipinski definition) is 0. The number of hydrogen-bond acceptors (Lipinski definition) is 5. The molecule has 0 aliphatic carbocycles. The first kappa shape index (κ1) is 24.0. The van der Waals surface area contributed by atoms with Crippen molar-refractivity contribution in [2.75, 3.05) is 0 Å². The molecule has 0 spiro atoms. The summed E-state index contributed by atoms with van der Waals surface area (Å²) in [6.45, 7) is 0. The molecule has 41 heavy (non-hydrogen) atoms. The van der Waals surface area contributed by atoms with Gasteiger partial charge in [0.2, 0.25) is 0 Å². The highest BCUT2D eigenvalue weighted by Gasteiger charge is 2.20. The van der Waals surface area contributed by atoms with Crippen LogP contribution in [0.15, 0.2) is 121 Å². The van der Waals surface area contributed by atoms with E-state index in [-0.39, 0.29) is 0 Å². The van der Waals surface area contributed by atoms with E-state index in [2.05, 4.69) is 24.3 Å². The van der Waals surface area contributed by atoms with Gasteiger partial charge in [0.05, 0.1) is 33.9 Å². The smallest absolute Gasteiger partial charge is 0.165 e. The van der Waals surface area contributed by atoms with Gasteiger partial charge in [0.25, 0.3) is 0 Å². The normalized spacial score (nSPS) is 10.9. The second-order valence-corrected chi connectivity index (χ2v) is 9.55. The molecular formula is C35H20N6. The molecule has 0 fully saturated rings. The zero-order valence-electron chi connectivity index (χ0n) is 21.7. The molecule has 0 unspecified atom stereocenters. The number of nitrogens with zero attached hydrogens (tertiary/aromatic N) is 6. The molecule has 7 rings (SSSR count). The van der Waals surface area contributed by atoms with E-state index in [9.17, 15) is 10.5 Å². The fourth-order valence-corrected chi connectivity index (χ4v) is 5.25. The SMILES string of the molecule is N#Cc1cc(-n2c3ccccc3c3ccccc32)c(C#N)cc1-c1nc(-c2ccccc2)nc(-c2ccccc2)n1. The van der Waals surface area contributed by atoms with Crippen LogP contribution in [-0.2, 0) is 0 Å².